The van der Waals surface area contributed by atoms with Crippen LogP contribution in [0.1, 0.15) is 5.76 Å². The van der Waals surface area contributed by atoms with E-state index in [-0.39, 0.29) is 30.5 Å². The number of ether oxygens (including phenoxy) is 1. The van der Waals surface area contributed by atoms with Crippen molar-refractivity contribution in [1.29, 1.82) is 0 Å². The van der Waals surface area contributed by atoms with Crippen LogP contribution in [0.4, 0.5) is 0 Å². The number of nitrogens with zero attached hydrogens (tertiary/aromatic N) is 4. The van der Waals surface area contributed by atoms with Crippen LogP contribution in [0.5, 0.6) is 11.6 Å². The van der Waals surface area contributed by atoms with E-state index in [2.05, 4.69) is 15.4 Å². The predicted octanol–water partition coefficient (Wildman–Crippen LogP) is 2.25. The van der Waals surface area contributed by atoms with Gasteiger partial charge in [-0.05, 0) is 36.4 Å². The summed E-state index contributed by atoms with van der Waals surface area (Å²) in [7, 11) is 0. The third-order valence-electron chi connectivity index (χ3n) is 3.83. The lowest BCUT2D eigenvalue weighted by atomic mass is 10.3. The number of fused-ring (bicyclic) bond motifs is 1. The molecule has 0 saturated carbocycles. The van der Waals surface area contributed by atoms with Crippen molar-refractivity contribution in [3.63, 3.8) is 0 Å². The molecule has 0 aliphatic carbocycles. The third kappa shape index (κ3) is 3.74. The van der Waals surface area contributed by atoms with E-state index in [1.165, 1.54) is 23.1 Å². The highest BCUT2D eigenvalue weighted by molar-refractivity contribution is 6.30. The SMILES string of the molecule is O=C(Cn1nc2c(Oc3ccc(Cl)cc3)nccn2c1=O)NCc1ccco1. The molecule has 0 aliphatic heterocycles. The van der Waals surface area contributed by atoms with Crippen LogP contribution in [0.2, 0.25) is 5.02 Å². The maximum atomic E-state index is 12.5. The van der Waals surface area contributed by atoms with Crippen LogP contribution >= 0.6 is 11.6 Å². The fourth-order valence-electron chi connectivity index (χ4n) is 2.51. The van der Waals surface area contributed by atoms with Gasteiger partial charge in [-0.25, -0.2) is 18.9 Å². The molecule has 0 unspecified atom stereocenters. The minimum atomic E-state index is -0.480. The summed E-state index contributed by atoms with van der Waals surface area (Å²) >= 11 is 5.86. The Kier molecular flexibility index (Phi) is 4.81. The van der Waals surface area contributed by atoms with Crippen molar-refractivity contribution in [3.8, 4) is 11.6 Å². The van der Waals surface area contributed by atoms with Crippen molar-refractivity contribution in [2.24, 2.45) is 0 Å². The topological polar surface area (TPSA) is 104 Å². The molecule has 3 heterocycles. The third-order valence-corrected chi connectivity index (χ3v) is 4.08. The second kappa shape index (κ2) is 7.57. The molecule has 1 N–H and O–H groups in total. The van der Waals surface area contributed by atoms with Gasteiger partial charge in [-0.3, -0.25) is 4.79 Å². The van der Waals surface area contributed by atoms with E-state index in [1.807, 2.05) is 0 Å². The molecular formula is C18H14ClN5O4. The smallest absolute Gasteiger partial charge is 0.351 e. The standard InChI is InChI=1S/C18H14ClN5O4/c19-12-3-5-13(6-4-12)28-17-16-22-24(18(26)23(16)8-7-20-17)11-15(25)21-10-14-2-1-9-27-14/h1-9H,10-11H2,(H,21,25). The van der Waals surface area contributed by atoms with E-state index in [9.17, 15) is 9.59 Å². The Morgan fingerprint density at radius 2 is 2.07 bits per heavy atom. The number of halogens is 1. The number of aromatic nitrogens is 4. The van der Waals surface area contributed by atoms with Crippen LogP contribution in [-0.4, -0.2) is 25.1 Å². The van der Waals surface area contributed by atoms with Gasteiger partial charge in [-0.15, -0.1) is 5.10 Å². The lowest BCUT2D eigenvalue weighted by molar-refractivity contribution is -0.122. The Bertz CT molecular complexity index is 1170. The molecule has 0 spiro atoms. The minimum Gasteiger partial charge on any atom is -0.467 e. The number of furan rings is 1. The van der Waals surface area contributed by atoms with E-state index < -0.39 is 5.69 Å². The molecule has 0 saturated heterocycles. The molecule has 0 aliphatic rings. The zero-order valence-electron chi connectivity index (χ0n) is 14.4. The number of hydrogen-bond acceptors (Lipinski definition) is 6. The maximum absolute atomic E-state index is 12.5. The highest BCUT2D eigenvalue weighted by Crippen LogP contribution is 2.23. The van der Waals surface area contributed by atoms with Gasteiger partial charge in [0, 0.05) is 17.4 Å². The van der Waals surface area contributed by atoms with Gasteiger partial charge >= 0.3 is 5.69 Å². The zero-order chi connectivity index (χ0) is 19.5. The second-order valence-corrected chi connectivity index (χ2v) is 6.21. The molecule has 0 fully saturated rings. The normalized spacial score (nSPS) is 10.9. The zero-order valence-corrected chi connectivity index (χ0v) is 15.2. The van der Waals surface area contributed by atoms with Crippen molar-refractivity contribution in [2.75, 3.05) is 0 Å². The van der Waals surface area contributed by atoms with Crippen LogP contribution in [0.25, 0.3) is 5.65 Å². The summed E-state index contributed by atoms with van der Waals surface area (Å²) in [6.07, 6.45) is 4.39. The number of rotatable bonds is 6. The molecule has 3 aromatic heterocycles. The predicted molar refractivity (Wildman–Crippen MR) is 99.3 cm³/mol. The molecule has 0 bridgehead atoms. The van der Waals surface area contributed by atoms with Crippen molar-refractivity contribution in [1.82, 2.24) is 24.5 Å². The largest absolute Gasteiger partial charge is 0.467 e. The Labute approximate surface area is 163 Å². The van der Waals surface area contributed by atoms with Crippen LogP contribution < -0.4 is 15.7 Å². The Morgan fingerprint density at radius 1 is 1.25 bits per heavy atom. The van der Waals surface area contributed by atoms with E-state index in [4.69, 9.17) is 20.8 Å². The van der Waals surface area contributed by atoms with E-state index in [0.29, 0.717) is 16.5 Å². The first-order valence-corrected chi connectivity index (χ1v) is 8.64. The molecule has 142 valence electrons. The average molecular weight is 400 g/mol. The lowest BCUT2D eigenvalue weighted by Crippen LogP contribution is -2.32. The second-order valence-electron chi connectivity index (χ2n) is 5.78. The van der Waals surface area contributed by atoms with Crippen molar-refractivity contribution in [2.45, 2.75) is 13.1 Å². The molecular weight excluding hydrogens is 386 g/mol. The fourth-order valence-corrected chi connectivity index (χ4v) is 2.63. The molecule has 1 amide bonds. The molecule has 10 heteroatoms. The number of nitrogens with one attached hydrogen (secondary N) is 1. The van der Waals surface area contributed by atoms with Crippen LogP contribution in [0.15, 0.2) is 64.3 Å². The summed E-state index contributed by atoms with van der Waals surface area (Å²) < 4.78 is 13.2. The molecule has 28 heavy (non-hydrogen) atoms. The molecule has 0 atom stereocenters. The quantitative estimate of drug-likeness (QED) is 0.533. The fraction of sp³-hybridized carbons (Fsp3) is 0.111. The molecule has 0 radical (unpaired) electrons. The van der Waals surface area contributed by atoms with Crippen molar-refractivity contribution >= 4 is 23.2 Å². The van der Waals surface area contributed by atoms with Gasteiger partial charge in [0.2, 0.25) is 11.6 Å². The first kappa shape index (κ1) is 17.8. The molecule has 1 aromatic carbocycles. The summed E-state index contributed by atoms with van der Waals surface area (Å²) in [6, 6.07) is 10.2. The Balaban J connectivity index is 1.55. The summed E-state index contributed by atoms with van der Waals surface area (Å²) in [5, 5.41) is 7.41. The monoisotopic (exact) mass is 399 g/mol. The average Bonchev–Trinajstić information content (AvgIpc) is 3.32. The van der Waals surface area contributed by atoms with E-state index in [1.54, 1.807) is 36.4 Å². The van der Waals surface area contributed by atoms with E-state index >= 15 is 0 Å². The summed E-state index contributed by atoms with van der Waals surface area (Å²) in [4.78, 5) is 28.8. The summed E-state index contributed by atoms with van der Waals surface area (Å²) in [5.74, 6) is 0.855. The Morgan fingerprint density at radius 3 is 2.82 bits per heavy atom. The van der Waals surface area contributed by atoms with E-state index in [0.717, 1.165) is 4.68 Å². The summed E-state index contributed by atoms with van der Waals surface area (Å²) in [5.41, 5.74) is -0.284. The van der Waals surface area contributed by atoms with Crippen LogP contribution in [0, 0.1) is 0 Å². The molecule has 9 nitrogen and oxygen atoms in total. The van der Waals surface area contributed by atoms with Gasteiger partial charge in [0.1, 0.15) is 18.1 Å². The number of benzene rings is 1. The molecule has 4 aromatic rings. The first-order chi connectivity index (χ1) is 13.6. The van der Waals surface area contributed by atoms with Crippen LogP contribution in [-0.2, 0) is 17.9 Å². The highest BCUT2D eigenvalue weighted by Gasteiger charge is 2.15. The van der Waals surface area contributed by atoms with Gasteiger partial charge < -0.3 is 14.5 Å². The number of amides is 1. The van der Waals surface area contributed by atoms with Gasteiger partial charge in [-0.2, -0.15) is 0 Å². The highest BCUT2D eigenvalue weighted by atomic mass is 35.5. The summed E-state index contributed by atoms with van der Waals surface area (Å²) in [6.45, 7) is -0.0257. The Hall–Kier alpha value is -3.59. The minimum absolute atomic E-state index is 0.136. The maximum Gasteiger partial charge on any atom is 0.351 e. The van der Waals surface area contributed by atoms with Crippen LogP contribution in [0.3, 0.4) is 0 Å². The van der Waals surface area contributed by atoms with Crippen molar-refractivity contribution in [3.05, 3.63) is 76.3 Å². The van der Waals surface area contributed by atoms with Crippen molar-refractivity contribution < 1.29 is 13.9 Å². The number of hydrogen-bond donors (Lipinski definition) is 1. The lowest BCUT2D eigenvalue weighted by Gasteiger charge is -2.04. The first-order valence-electron chi connectivity index (χ1n) is 8.27. The van der Waals surface area contributed by atoms with Gasteiger partial charge in [0.05, 0.1) is 12.8 Å². The van der Waals surface area contributed by atoms with Gasteiger partial charge in [0.15, 0.2) is 0 Å². The van der Waals surface area contributed by atoms with Gasteiger partial charge in [0.25, 0.3) is 5.88 Å². The van der Waals surface area contributed by atoms with Gasteiger partial charge in [-0.1, -0.05) is 11.6 Å². The number of carbonyl (C=O) groups excluding carboxylic acids is 1. The number of carbonyl (C=O) groups is 1. The molecule has 4 rings (SSSR count).